The smallest absolute Gasteiger partial charge is 0.126 e. The Morgan fingerprint density at radius 1 is 1.50 bits per heavy atom. The number of nitrogens with zero attached hydrogens (tertiary/aromatic N) is 1. The molecule has 86 valence electrons. The molecular weight excluding hydrogens is 223 g/mol. The first-order valence-electron chi connectivity index (χ1n) is 5.13. The van der Waals surface area contributed by atoms with Crippen molar-refractivity contribution in [3.8, 4) is 6.07 Å². The SMILES string of the molecule is CSC(C)CCNc1cc(F)cc(C#N)c1. The summed E-state index contributed by atoms with van der Waals surface area (Å²) in [6.07, 6.45) is 3.08. The van der Waals surface area contributed by atoms with Crippen LogP contribution in [0.3, 0.4) is 0 Å². The van der Waals surface area contributed by atoms with E-state index in [0.717, 1.165) is 13.0 Å². The van der Waals surface area contributed by atoms with Gasteiger partial charge in [-0.2, -0.15) is 17.0 Å². The first-order chi connectivity index (χ1) is 7.65. The quantitative estimate of drug-likeness (QED) is 0.855. The van der Waals surface area contributed by atoms with Gasteiger partial charge < -0.3 is 5.32 Å². The average molecular weight is 238 g/mol. The molecule has 1 atom stereocenters. The summed E-state index contributed by atoms with van der Waals surface area (Å²) in [5.41, 5.74) is 1.02. The highest BCUT2D eigenvalue weighted by molar-refractivity contribution is 7.99. The first-order valence-corrected chi connectivity index (χ1v) is 6.42. The minimum Gasteiger partial charge on any atom is -0.385 e. The van der Waals surface area contributed by atoms with Gasteiger partial charge in [-0.15, -0.1) is 0 Å². The van der Waals surface area contributed by atoms with Crippen molar-refractivity contribution in [2.45, 2.75) is 18.6 Å². The fourth-order valence-electron chi connectivity index (χ4n) is 1.29. The van der Waals surface area contributed by atoms with Gasteiger partial charge >= 0.3 is 0 Å². The molecule has 0 bridgehead atoms. The maximum atomic E-state index is 13.1. The summed E-state index contributed by atoms with van der Waals surface area (Å²) in [6, 6.07) is 6.23. The van der Waals surface area contributed by atoms with E-state index in [2.05, 4.69) is 18.5 Å². The Morgan fingerprint density at radius 2 is 2.25 bits per heavy atom. The van der Waals surface area contributed by atoms with Crippen molar-refractivity contribution in [2.24, 2.45) is 0 Å². The van der Waals surface area contributed by atoms with Crippen LogP contribution in [-0.4, -0.2) is 18.1 Å². The number of thioether (sulfide) groups is 1. The lowest BCUT2D eigenvalue weighted by atomic mass is 10.2. The third-order valence-corrected chi connectivity index (χ3v) is 3.35. The van der Waals surface area contributed by atoms with Gasteiger partial charge in [-0.3, -0.25) is 0 Å². The van der Waals surface area contributed by atoms with Gasteiger partial charge in [0, 0.05) is 17.5 Å². The molecule has 0 heterocycles. The highest BCUT2D eigenvalue weighted by atomic mass is 32.2. The topological polar surface area (TPSA) is 35.8 Å². The summed E-state index contributed by atoms with van der Waals surface area (Å²) in [6.45, 7) is 2.94. The van der Waals surface area contributed by atoms with Gasteiger partial charge in [-0.1, -0.05) is 6.92 Å². The van der Waals surface area contributed by atoms with Crippen molar-refractivity contribution in [3.05, 3.63) is 29.6 Å². The van der Waals surface area contributed by atoms with E-state index in [4.69, 9.17) is 5.26 Å². The van der Waals surface area contributed by atoms with Crippen LogP contribution >= 0.6 is 11.8 Å². The van der Waals surface area contributed by atoms with Gasteiger partial charge in [0.1, 0.15) is 5.82 Å². The van der Waals surface area contributed by atoms with Gasteiger partial charge in [-0.05, 0) is 30.9 Å². The number of hydrogen-bond acceptors (Lipinski definition) is 3. The molecule has 1 unspecified atom stereocenters. The molecule has 1 N–H and O–H groups in total. The predicted molar refractivity (Wildman–Crippen MR) is 67.2 cm³/mol. The molecular formula is C12H15FN2S. The molecule has 0 aliphatic heterocycles. The van der Waals surface area contributed by atoms with E-state index in [9.17, 15) is 4.39 Å². The van der Waals surface area contributed by atoms with Crippen molar-refractivity contribution < 1.29 is 4.39 Å². The van der Waals surface area contributed by atoms with Gasteiger partial charge in [0.15, 0.2) is 0 Å². The number of rotatable bonds is 5. The zero-order valence-electron chi connectivity index (χ0n) is 9.46. The number of nitriles is 1. The highest BCUT2D eigenvalue weighted by Gasteiger charge is 2.01. The molecule has 1 rings (SSSR count). The Hall–Kier alpha value is -1.21. The zero-order chi connectivity index (χ0) is 12.0. The number of benzene rings is 1. The molecule has 2 nitrogen and oxygen atoms in total. The molecule has 4 heteroatoms. The van der Waals surface area contributed by atoms with Crippen LogP contribution in [0.4, 0.5) is 10.1 Å². The maximum Gasteiger partial charge on any atom is 0.126 e. The molecule has 0 aromatic heterocycles. The molecule has 0 spiro atoms. The number of nitrogens with one attached hydrogen (secondary N) is 1. The van der Waals surface area contributed by atoms with Crippen LogP contribution in [-0.2, 0) is 0 Å². The van der Waals surface area contributed by atoms with Crippen LogP contribution in [0.25, 0.3) is 0 Å². The minimum absolute atomic E-state index is 0.348. The van der Waals surface area contributed by atoms with Gasteiger partial charge in [0.25, 0.3) is 0 Å². The zero-order valence-corrected chi connectivity index (χ0v) is 10.3. The standard InChI is InChI=1S/C12H15FN2S/c1-9(16-2)3-4-15-12-6-10(8-14)5-11(13)7-12/h5-7,9,15H,3-4H2,1-2H3. The Balaban J connectivity index is 2.54. The van der Waals surface area contributed by atoms with Crippen molar-refractivity contribution >= 4 is 17.4 Å². The summed E-state index contributed by atoms with van der Waals surface area (Å²) in [5, 5.41) is 12.4. The van der Waals surface area contributed by atoms with E-state index in [0.29, 0.717) is 16.5 Å². The summed E-state index contributed by atoms with van der Waals surface area (Å²) in [7, 11) is 0. The molecule has 1 aromatic rings. The van der Waals surface area contributed by atoms with E-state index in [1.165, 1.54) is 12.1 Å². The lowest BCUT2D eigenvalue weighted by Crippen LogP contribution is -2.07. The third-order valence-electron chi connectivity index (χ3n) is 2.31. The Morgan fingerprint density at radius 3 is 2.88 bits per heavy atom. The number of anilines is 1. The van der Waals surface area contributed by atoms with E-state index in [1.54, 1.807) is 17.8 Å². The van der Waals surface area contributed by atoms with E-state index < -0.39 is 0 Å². The molecule has 16 heavy (non-hydrogen) atoms. The van der Waals surface area contributed by atoms with E-state index >= 15 is 0 Å². The van der Waals surface area contributed by atoms with Crippen LogP contribution in [0.5, 0.6) is 0 Å². The van der Waals surface area contributed by atoms with Crippen LogP contribution in [0.1, 0.15) is 18.9 Å². The summed E-state index contributed by atoms with van der Waals surface area (Å²) < 4.78 is 13.1. The molecule has 0 fully saturated rings. The van der Waals surface area contributed by atoms with Gasteiger partial charge in [0.05, 0.1) is 11.6 Å². The molecule has 1 aromatic carbocycles. The second kappa shape index (κ2) is 6.39. The van der Waals surface area contributed by atoms with Gasteiger partial charge in [0.2, 0.25) is 0 Å². The molecule has 0 saturated carbocycles. The molecule has 0 amide bonds. The maximum absolute atomic E-state index is 13.1. The normalized spacial score (nSPS) is 11.9. The van der Waals surface area contributed by atoms with E-state index in [1.807, 2.05) is 6.07 Å². The second-order valence-electron chi connectivity index (χ2n) is 3.60. The average Bonchev–Trinajstić information content (AvgIpc) is 2.28. The van der Waals surface area contributed by atoms with Crippen LogP contribution in [0.15, 0.2) is 18.2 Å². The number of halogens is 1. The summed E-state index contributed by atoms with van der Waals surface area (Å²) >= 11 is 1.80. The van der Waals surface area contributed by atoms with Crippen molar-refractivity contribution in [3.63, 3.8) is 0 Å². The monoisotopic (exact) mass is 238 g/mol. The Bertz CT molecular complexity index is 387. The molecule has 0 aliphatic carbocycles. The predicted octanol–water partition coefficient (Wildman–Crippen LogP) is 3.25. The van der Waals surface area contributed by atoms with Gasteiger partial charge in [-0.25, -0.2) is 4.39 Å². The van der Waals surface area contributed by atoms with E-state index in [-0.39, 0.29) is 5.82 Å². The largest absolute Gasteiger partial charge is 0.385 e. The van der Waals surface area contributed by atoms with Crippen LogP contribution in [0, 0.1) is 17.1 Å². The third kappa shape index (κ3) is 4.11. The number of hydrogen-bond donors (Lipinski definition) is 1. The molecule has 0 saturated heterocycles. The summed E-state index contributed by atoms with van der Waals surface area (Å²) in [5.74, 6) is -0.375. The summed E-state index contributed by atoms with van der Waals surface area (Å²) in [4.78, 5) is 0. The van der Waals surface area contributed by atoms with Crippen molar-refractivity contribution in [1.29, 1.82) is 5.26 Å². The second-order valence-corrected chi connectivity index (χ2v) is 4.88. The highest BCUT2D eigenvalue weighted by Crippen LogP contribution is 2.15. The lowest BCUT2D eigenvalue weighted by molar-refractivity contribution is 0.627. The fraction of sp³-hybridized carbons (Fsp3) is 0.417. The lowest BCUT2D eigenvalue weighted by Gasteiger charge is -2.10. The van der Waals surface area contributed by atoms with Crippen LogP contribution < -0.4 is 5.32 Å². The Labute approximate surface area is 99.9 Å². The van der Waals surface area contributed by atoms with Crippen molar-refractivity contribution in [1.82, 2.24) is 0 Å². The fourth-order valence-corrected chi connectivity index (χ4v) is 1.65. The Kier molecular flexibility index (Phi) is 5.13. The van der Waals surface area contributed by atoms with Crippen LogP contribution in [0.2, 0.25) is 0 Å². The first kappa shape index (κ1) is 12.9. The molecule has 0 radical (unpaired) electrons. The van der Waals surface area contributed by atoms with Crippen molar-refractivity contribution in [2.75, 3.05) is 18.1 Å². The minimum atomic E-state index is -0.375. The molecule has 0 aliphatic rings.